The molecule has 0 saturated heterocycles. The van der Waals surface area contributed by atoms with Crippen LogP contribution in [-0.4, -0.2) is 23.2 Å². The van der Waals surface area contributed by atoms with Crippen LogP contribution in [0.1, 0.15) is 16.7 Å². The van der Waals surface area contributed by atoms with Crippen LogP contribution >= 0.6 is 0 Å². The number of aliphatic carboxylic acids is 1. The van der Waals surface area contributed by atoms with Gasteiger partial charge in [0.15, 0.2) is 0 Å². The number of carbonyl (C=O) groups is 1. The van der Waals surface area contributed by atoms with E-state index >= 15 is 0 Å². The molecule has 2 rings (SSSR count). The van der Waals surface area contributed by atoms with Gasteiger partial charge >= 0.3 is 5.97 Å². The Morgan fingerprint density at radius 1 is 1.29 bits per heavy atom. The lowest BCUT2D eigenvalue weighted by Crippen LogP contribution is -2.19. The smallest absolute Gasteiger partial charge is 0.307 e. The summed E-state index contributed by atoms with van der Waals surface area (Å²) in [5.74, 6) is -0.805. The number of aryl methyl sites for hydroxylation is 1. The molecule has 0 aliphatic heterocycles. The van der Waals surface area contributed by atoms with Gasteiger partial charge in [0.2, 0.25) is 5.88 Å². The molecule has 0 aliphatic rings. The number of hydrogen-bond donors (Lipinski definition) is 1. The van der Waals surface area contributed by atoms with Crippen molar-refractivity contribution < 1.29 is 14.6 Å². The van der Waals surface area contributed by atoms with Crippen LogP contribution in [0.4, 0.5) is 0 Å². The van der Waals surface area contributed by atoms with E-state index in [0.29, 0.717) is 18.7 Å². The first-order valence-corrected chi connectivity index (χ1v) is 6.86. The second-order valence-corrected chi connectivity index (χ2v) is 5.10. The van der Waals surface area contributed by atoms with E-state index in [9.17, 15) is 9.90 Å². The molecule has 1 atom stereocenters. The fourth-order valence-electron chi connectivity index (χ4n) is 2.40. The maximum atomic E-state index is 11.5. The van der Waals surface area contributed by atoms with Crippen LogP contribution in [0.25, 0.3) is 0 Å². The number of carboxylic acid groups (broad SMARTS) is 1. The third-order valence-corrected chi connectivity index (χ3v) is 3.42. The zero-order chi connectivity index (χ0) is 15.2. The second kappa shape index (κ2) is 6.88. The number of ether oxygens (including phenoxy) is 1. The molecule has 110 valence electrons. The van der Waals surface area contributed by atoms with Crippen molar-refractivity contribution in [3.8, 4) is 5.88 Å². The Morgan fingerprint density at radius 2 is 2.10 bits per heavy atom. The van der Waals surface area contributed by atoms with Gasteiger partial charge in [-0.05, 0) is 31.4 Å². The first kappa shape index (κ1) is 15.0. The van der Waals surface area contributed by atoms with Gasteiger partial charge in [-0.25, -0.2) is 4.98 Å². The first-order chi connectivity index (χ1) is 10.1. The summed E-state index contributed by atoms with van der Waals surface area (Å²) in [4.78, 5) is 15.6. The van der Waals surface area contributed by atoms with Crippen molar-refractivity contribution >= 4 is 5.97 Å². The first-order valence-electron chi connectivity index (χ1n) is 6.86. The summed E-state index contributed by atoms with van der Waals surface area (Å²) in [6, 6.07) is 11.6. The summed E-state index contributed by atoms with van der Waals surface area (Å²) in [5.41, 5.74) is 2.99. The summed E-state index contributed by atoms with van der Waals surface area (Å²) < 4.78 is 5.19. The van der Waals surface area contributed by atoms with E-state index in [0.717, 1.165) is 16.7 Å². The van der Waals surface area contributed by atoms with Crippen LogP contribution in [0.15, 0.2) is 42.6 Å². The van der Waals surface area contributed by atoms with Gasteiger partial charge in [-0.3, -0.25) is 4.79 Å². The van der Waals surface area contributed by atoms with Gasteiger partial charge in [0.1, 0.15) is 0 Å². The molecule has 0 amide bonds. The lowest BCUT2D eigenvalue weighted by molar-refractivity contribution is -0.141. The maximum Gasteiger partial charge on any atom is 0.307 e. The van der Waals surface area contributed by atoms with Gasteiger partial charge in [-0.2, -0.15) is 0 Å². The molecule has 4 heteroatoms. The minimum absolute atomic E-state index is 0.403. The predicted octanol–water partition coefficient (Wildman–Crippen LogP) is 2.88. The SMILES string of the molecule is COc1ncccc1CC(Cc1cccc(C)c1)C(=O)O. The Bertz CT molecular complexity index is 625. The van der Waals surface area contributed by atoms with E-state index in [4.69, 9.17) is 4.74 Å². The van der Waals surface area contributed by atoms with Crippen molar-refractivity contribution in [1.82, 2.24) is 4.98 Å². The molecule has 4 nitrogen and oxygen atoms in total. The lowest BCUT2D eigenvalue weighted by Gasteiger charge is -2.14. The van der Waals surface area contributed by atoms with E-state index in [2.05, 4.69) is 4.98 Å². The maximum absolute atomic E-state index is 11.5. The number of methoxy groups -OCH3 is 1. The largest absolute Gasteiger partial charge is 0.481 e. The molecule has 1 aromatic carbocycles. The molecule has 2 aromatic rings. The Hall–Kier alpha value is -2.36. The highest BCUT2D eigenvalue weighted by molar-refractivity contribution is 5.71. The Morgan fingerprint density at radius 3 is 2.76 bits per heavy atom. The Kier molecular flexibility index (Phi) is 4.93. The van der Waals surface area contributed by atoms with Gasteiger partial charge in [-0.1, -0.05) is 35.9 Å². The standard InChI is InChI=1S/C17H19NO3/c1-12-5-3-6-13(9-12)10-15(17(19)20)11-14-7-4-8-18-16(14)21-2/h3-9,15H,10-11H2,1-2H3,(H,19,20). The van der Waals surface area contributed by atoms with E-state index in [1.165, 1.54) is 0 Å². The number of rotatable bonds is 6. The van der Waals surface area contributed by atoms with Crippen LogP contribution in [0.2, 0.25) is 0 Å². The molecule has 1 aromatic heterocycles. The molecule has 0 radical (unpaired) electrons. The van der Waals surface area contributed by atoms with Crippen LogP contribution in [0, 0.1) is 12.8 Å². The molecular weight excluding hydrogens is 266 g/mol. The van der Waals surface area contributed by atoms with E-state index in [1.54, 1.807) is 19.4 Å². The summed E-state index contributed by atoms with van der Waals surface area (Å²) >= 11 is 0. The van der Waals surface area contributed by atoms with E-state index in [1.807, 2.05) is 37.3 Å². The molecule has 0 saturated carbocycles. The van der Waals surface area contributed by atoms with Crippen LogP contribution in [-0.2, 0) is 17.6 Å². The van der Waals surface area contributed by atoms with Crippen LogP contribution < -0.4 is 4.74 Å². The topological polar surface area (TPSA) is 59.4 Å². The molecular formula is C17H19NO3. The number of nitrogens with zero attached hydrogens (tertiary/aromatic N) is 1. The monoisotopic (exact) mass is 285 g/mol. The van der Waals surface area contributed by atoms with Crippen molar-refractivity contribution in [1.29, 1.82) is 0 Å². The zero-order valence-corrected chi connectivity index (χ0v) is 12.2. The number of pyridine rings is 1. The van der Waals surface area contributed by atoms with Gasteiger partial charge in [0.05, 0.1) is 13.0 Å². The Labute approximate surface area is 124 Å². The van der Waals surface area contributed by atoms with Crippen molar-refractivity contribution in [3.05, 3.63) is 59.3 Å². The van der Waals surface area contributed by atoms with Crippen molar-refractivity contribution in [3.63, 3.8) is 0 Å². The van der Waals surface area contributed by atoms with Gasteiger partial charge in [-0.15, -0.1) is 0 Å². The molecule has 21 heavy (non-hydrogen) atoms. The molecule has 0 fully saturated rings. The van der Waals surface area contributed by atoms with E-state index in [-0.39, 0.29) is 0 Å². The van der Waals surface area contributed by atoms with Gasteiger partial charge in [0, 0.05) is 11.8 Å². The van der Waals surface area contributed by atoms with Crippen molar-refractivity contribution in [2.75, 3.05) is 7.11 Å². The van der Waals surface area contributed by atoms with Crippen molar-refractivity contribution in [2.24, 2.45) is 5.92 Å². The highest BCUT2D eigenvalue weighted by atomic mass is 16.5. The fraction of sp³-hybridized carbons (Fsp3) is 0.294. The highest BCUT2D eigenvalue weighted by Gasteiger charge is 2.20. The fourth-order valence-corrected chi connectivity index (χ4v) is 2.40. The number of hydrogen-bond acceptors (Lipinski definition) is 3. The summed E-state index contributed by atoms with van der Waals surface area (Å²) in [6.07, 6.45) is 2.54. The number of carboxylic acids is 1. The number of benzene rings is 1. The average Bonchev–Trinajstić information content (AvgIpc) is 2.47. The van der Waals surface area contributed by atoms with Gasteiger partial charge in [0.25, 0.3) is 0 Å². The minimum Gasteiger partial charge on any atom is -0.481 e. The summed E-state index contributed by atoms with van der Waals surface area (Å²) in [5, 5.41) is 9.47. The third-order valence-electron chi connectivity index (χ3n) is 3.42. The third kappa shape index (κ3) is 4.05. The molecule has 0 spiro atoms. The second-order valence-electron chi connectivity index (χ2n) is 5.10. The Balaban J connectivity index is 2.18. The average molecular weight is 285 g/mol. The van der Waals surface area contributed by atoms with Crippen LogP contribution in [0.5, 0.6) is 5.88 Å². The molecule has 0 aliphatic carbocycles. The molecule has 1 heterocycles. The van der Waals surface area contributed by atoms with Crippen molar-refractivity contribution in [2.45, 2.75) is 19.8 Å². The molecule has 0 bridgehead atoms. The normalized spacial score (nSPS) is 11.9. The van der Waals surface area contributed by atoms with Crippen LogP contribution in [0.3, 0.4) is 0 Å². The quantitative estimate of drug-likeness (QED) is 0.886. The summed E-state index contributed by atoms with van der Waals surface area (Å²) in [7, 11) is 1.54. The number of aromatic nitrogens is 1. The van der Waals surface area contributed by atoms with Gasteiger partial charge < -0.3 is 9.84 Å². The zero-order valence-electron chi connectivity index (χ0n) is 12.2. The molecule has 1 unspecified atom stereocenters. The summed E-state index contributed by atoms with van der Waals surface area (Å²) in [6.45, 7) is 2.00. The predicted molar refractivity (Wildman–Crippen MR) is 80.5 cm³/mol. The molecule has 1 N–H and O–H groups in total. The lowest BCUT2D eigenvalue weighted by atomic mass is 9.92. The minimum atomic E-state index is -0.803. The highest BCUT2D eigenvalue weighted by Crippen LogP contribution is 2.21. The van der Waals surface area contributed by atoms with E-state index < -0.39 is 11.9 Å².